The summed E-state index contributed by atoms with van der Waals surface area (Å²) in [6.45, 7) is 0. The lowest BCUT2D eigenvalue weighted by atomic mass is 10.3. The Kier molecular flexibility index (Phi) is 3.42. The molecule has 0 fully saturated rings. The largest absolute Gasteiger partial charge is 0.399 e. The molecule has 25 heavy (non-hydrogen) atoms. The molecule has 0 saturated heterocycles. The van der Waals surface area contributed by atoms with Crippen LogP contribution in [0.2, 0.25) is 0 Å². The Bertz CT molecular complexity index is 1120. The van der Waals surface area contributed by atoms with Crippen molar-refractivity contribution in [2.75, 3.05) is 11.1 Å². The lowest BCUT2D eigenvalue weighted by Gasteiger charge is -2.06. The number of hydrogen-bond donors (Lipinski definition) is 3. The van der Waals surface area contributed by atoms with Gasteiger partial charge < -0.3 is 16.0 Å². The molecule has 4 aromatic rings. The minimum Gasteiger partial charge on any atom is -0.399 e. The maximum atomic E-state index is 13.0. The molecule has 0 unspecified atom stereocenters. The number of halogens is 1. The number of nitrogens with one attached hydrogen (secondary N) is 2. The summed E-state index contributed by atoms with van der Waals surface area (Å²) in [4.78, 5) is 23.6. The van der Waals surface area contributed by atoms with Crippen LogP contribution in [0.1, 0.15) is 0 Å². The quantitative estimate of drug-likeness (QED) is 0.499. The molecular formula is C17H13FN6O. The van der Waals surface area contributed by atoms with E-state index in [-0.39, 0.29) is 17.5 Å². The number of benzene rings is 2. The van der Waals surface area contributed by atoms with E-state index in [2.05, 4.69) is 20.3 Å². The Labute approximate surface area is 141 Å². The van der Waals surface area contributed by atoms with Crippen molar-refractivity contribution in [3.05, 3.63) is 71.0 Å². The van der Waals surface area contributed by atoms with E-state index in [0.717, 1.165) is 0 Å². The van der Waals surface area contributed by atoms with Crippen LogP contribution in [0.5, 0.6) is 0 Å². The van der Waals surface area contributed by atoms with Crippen molar-refractivity contribution in [3.63, 3.8) is 0 Å². The molecule has 4 N–H and O–H groups in total. The van der Waals surface area contributed by atoms with Crippen LogP contribution in [0, 0.1) is 5.82 Å². The van der Waals surface area contributed by atoms with Gasteiger partial charge in [0.15, 0.2) is 5.65 Å². The third kappa shape index (κ3) is 2.80. The monoisotopic (exact) mass is 336 g/mol. The van der Waals surface area contributed by atoms with Gasteiger partial charge in [0.25, 0.3) is 0 Å². The topological polar surface area (TPSA) is 102 Å². The van der Waals surface area contributed by atoms with Gasteiger partial charge in [-0.15, -0.1) is 0 Å². The highest BCUT2D eigenvalue weighted by Gasteiger charge is 2.12. The number of rotatable bonds is 3. The van der Waals surface area contributed by atoms with Gasteiger partial charge in [-0.25, -0.2) is 18.7 Å². The van der Waals surface area contributed by atoms with Gasteiger partial charge in [0.2, 0.25) is 5.95 Å². The van der Waals surface area contributed by atoms with E-state index in [4.69, 9.17) is 5.73 Å². The zero-order chi connectivity index (χ0) is 17.4. The Balaban J connectivity index is 1.80. The SMILES string of the molecule is Nc1cccc(-n2c(=O)[nH]c3cnc(Nc4ccc(F)cc4)nc32)c1. The minimum absolute atomic E-state index is 0.288. The molecule has 2 aromatic heterocycles. The number of H-pyrrole nitrogens is 1. The summed E-state index contributed by atoms with van der Waals surface area (Å²) < 4.78 is 14.4. The molecule has 0 aliphatic rings. The van der Waals surface area contributed by atoms with Crippen molar-refractivity contribution in [1.82, 2.24) is 19.5 Å². The van der Waals surface area contributed by atoms with Crippen molar-refractivity contribution in [2.24, 2.45) is 0 Å². The maximum Gasteiger partial charge on any atom is 0.332 e. The zero-order valence-electron chi connectivity index (χ0n) is 12.9. The molecule has 4 rings (SSSR count). The number of fused-ring (bicyclic) bond motifs is 1. The van der Waals surface area contributed by atoms with Crippen LogP contribution < -0.4 is 16.7 Å². The van der Waals surface area contributed by atoms with Crippen molar-refractivity contribution < 1.29 is 4.39 Å². The average molecular weight is 336 g/mol. The third-order valence-electron chi connectivity index (χ3n) is 3.65. The fraction of sp³-hybridized carbons (Fsp3) is 0. The van der Waals surface area contributed by atoms with Crippen LogP contribution >= 0.6 is 0 Å². The number of imidazole rings is 1. The summed E-state index contributed by atoms with van der Waals surface area (Å²) in [7, 11) is 0. The van der Waals surface area contributed by atoms with E-state index in [1.165, 1.54) is 22.9 Å². The number of nitrogens with zero attached hydrogens (tertiary/aromatic N) is 3. The van der Waals surface area contributed by atoms with Gasteiger partial charge in [0.05, 0.1) is 11.9 Å². The predicted molar refractivity (Wildman–Crippen MR) is 93.6 cm³/mol. The number of nitrogen functional groups attached to an aromatic ring is 1. The summed E-state index contributed by atoms with van der Waals surface area (Å²) in [5.74, 6) is -0.0428. The molecule has 0 radical (unpaired) electrons. The van der Waals surface area contributed by atoms with Crippen molar-refractivity contribution in [1.29, 1.82) is 0 Å². The average Bonchev–Trinajstić information content (AvgIpc) is 2.92. The highest BCUT2D eigenvalue weighted by molar-refractivity contribution is 5.74. The molecule has 2 heterocycles. The molecule has 0 aliphatic carbocycles. The third-order valence-corrected chi connectivity index (χ3v) is 3.65. The molecular weight excluding hydrogens is 323 g/mol. The zero-order valence-corrected chi connectivity index (χ0v) is 12.9. The molecule has 8 heteroatoms. The number of aromatic amines is 1. The molecule has 0 spiro atoms. The molecule has 7 nitrogen and oxygen atoms in total. The summed E-state index contributed by atoms with van der Waals surface area (Å²) in [5.41, 5.74) is 8.14. The normalized spacial score (nSPS) is 10.9. The second-order valence-electron chi connectivity index (χ2n) is 5.42. The van der Waals surface area contributed by atoms with Crippen molar-refractivity contribution >= 4 is 28.5 Å². The van der Waals surface area contributed by atoms with Crippen LogP contribution in [-0.4, -0.2) is 19.5 Å². The van der Waals surface area contributed by atoms with Crippen LogP contribution in [-0.2, 0) is 0 Å². The van der Waals surface area contributed by atoms with Crippen LogP contribution in [0.3, 0.4) is 0 Å². The molecule has 0 bridgehead atoms. The van der Waals surface area contributed by atoms with E-state index in [9.17, 15) is 9.18 Å². The highest BCUT2D eigenvalue weighted by Crippen LogP contribution is 2.18. The Morgan fingerprint density at radius 2 is 1.96 bits per heavy atom. The second kappa shape index (κ2) is 5.75. The number of aromatic nitrogens is 4. The van der Waals surface area contributed by atoms with Crippen molar-refractivity contribution in [2.45, 2.75) is 0 Å². The maximum absolute atomic E-state index is 13.0. The highest BCUT2D eigenvalue weighted by atomic mass is 19.1. The lowest BCUT2D eigenvalue weighted by molar-refractivity contribution is 0.628. The number of anilines is 3. The van der Waals surface area contributed by atoms with Gasteiger partial charge >= 0.3 is 5.69 Å². The van der Waals surface area contributed by atoms with E-state index < -0.39 is 0 Å². The molecule has 0 atom stereocenters. The van der Waals surface area contributed by atoms with Crippen LogP contribution in [0.25, 0.3) is 16.9 Å². The first-order valence-electron chi connectivity index (χ1n) is 7.46. The van der Waals surface area contributed by atoms with Gasteiger partial charge in [-0.3, -0.25) is 0 Å². The van der Waals surface area contributed by atoms with Gasteiger partial charge in [-0.05, 0) is 42.5 Å². The number of hydrogen-bond acceptors (Lipinski definition) is 5. The summed E-state index contributed by atoms with van der Waals surface area (Å²) in [5, 5.41) is 2.98. The molecule has 2 aromatic carbocycles. The summed E-state index contributed by atoms with van der Waals surface area (Å²) >= 11 is 0. The Morgan fingerprint density at radius 3 is 2.72 bits per heavy atom. The molecule has 0 aliphatic heterocycles. The molecule has 0 amide bonds. The Morgan fingerprint density at radius 1 is 1.16 bits per heavy atom. The second-order valence-corrected chi connectivity index (χ2v) is 5.42. The number of nitrogens with two attached hydrogens (primary N) is 1. The van der Waals surface area contributed by atoms with E-state index in [1.807, 2.05) is 0 Å². The predicted octanol–water partition coefficient (Wildman–Crippen LogP) is 2.57. The fourth-order valence-electron chi connectivity index (χ4n) is 2.52. The minimum atomic E-state index is -0.339. The van der Waals surface area contributed by atoms with Crippen molar-refractivity contribution in [3.8, 4) is 5.69 Å². The van der Waals surface area contributed by atoms with Gasteiger partial charge in [0, 0.05) is 11.4 Å². The smallest absolute Gasteiger partial charge is 0.332 e. The Hall–Kier alpha value is -3.68. The van der Waals surface area contributed by atoms with Crippen LogP contribution in [0.4, 0.5) is 21.7 Å². The first kappa shape index (κ1) is 14.9. The van der Waals surface area contributed by atoms with E-state index in [0.29, 0.717) is 28.2 Å². The first-order chi connectivity index (χ1) is 12.1. The van der Waals surface area contributed by atoms with E-state index >= 15 is 0 Å². The first-order valence-corrected chi connectivity index (χ1v) is 7.46. The van der Waals surface area contributed by atoms with Gasteiger partial charge in [0.1, 0.15) is 11.3 Å². The molecule has 0 saturated carbocycles. The standard InChI is InChI=1S/C17H13FN6O/c18-10-4-6-12(7-5-10)21-16-20-9-14-15(23-16)24(17(25)22-14)13-3-1-2-11(19)8-13/h1-9H,19H2,(H,22,25)(H,20,21,23). The van der Waals surface area contributed by atoms with E-state index in [1.54, 1.807) is 36.4 Å². The lowest BCUT2D eigenvalue weighted by Crippen LogP contribution is -2.15. The molecule has 124 valence electrons. The summed E-state index contributed by atoms with van der Waals surface area (Å²) in [6.07, 6.45) is 1.51. The summed E-state index contributed by atoms with van der Waals surface area (Å²) in [6, 6.07) is 12.8. The fourth-order valence-corrected chi connectivity index (χ4v) is 2.52. The van der Waals surface area contributed by atoms with Gasteiger partial charge in [-0.2, -0.15) is 4.98 Å². The van der Waals surface area contributed by atoms with Gasteiger partial charge in [-0.1, -0.05) is 6.07 Å². The van der Waals surface area contributed by atoms with Crippen LogP contribution in [0.15, 0.2) is 59.5 Å².